The van der Waals surface area contributed by atoms with Gasteiger partial charge in [0.2, 0.25) is 41.4 Å². The Bertz CT molecular complexity index is 1650. The Morgan fingerprint density at radius 1 is 0.642 bits per heavy atom. The topological polar surface area (TPSA) is 315 Å². The molecular weight excluding hydrogens is 733 g/mol. The van der Waals surface area contributed by atoms with Crippen molar-refractivity contribution in [1.82, 2.24) is 26.6 Å². The zero-order chi connectivity index (χ0) is 39.1. The average Bonchev–Trinajstić information content (AvgIpc) is 3.10. The van der Waals surface area contributed by atoms with Crippen LogP contribution in [-0.4, -0.2) is 105 Å². The highest BCUT2D eigenvalue weighted by Gasteiger charge is 2.34. The molecule has 7 amide bonds. The van der Waals surface area contributed by atoms with Gasteiger partial charge in [-0.05, 0) is 29.7 Å². The third-order valence-electron chi connectivity index (χ3n) is 7.79. The molecule has 0 spiro atoms. The maximum atomic E-state index is 13.9. The summed E-state index contributed by atoms with van der Waals surface area (Å²) in [6.07, 6.45) is -1.71. The maximum absolute atomic E-state index is 13.9. The van der Waals surface area contributed by atoms with Crippen LogP contribution in [0.15, 0.2) is 54.6 Å². The molecule has 1 saturated heterocycles. The molecule has 2 aromatic carbocycles. The normalized spacial score (nSPS) is 24.0. The summed E-state index contributed by atoms with van der Waals surface area (Å²) in [6.45, 7) is 0. The van der Waals surface area contributed by atoms with Crippen LogP contribution in [0, 0.1) is 0 Å². The number of benzene rings is 2. The Morgan fingerprint density at radius 2 is 1.13 bits per heavy atom. The molecule has 0 radical (unpaired) electrons. The van der Waals surface area contributed by atoms with Crippen molar-refractivity contribution in [3.05, 3.63) is 65.7 Å². The van der Waals surface area contributed by atoms with E-state index in [1.54, 1.807) is 30.3 Å². The van der Waals surface area contributed by atoms with Crippen molar-refractivity contribution in [2.75, 3.05) is 11.5 Å². The van der Waals surface area contributed by atoms with Crippen LogP contribution in [-0.2, 0) is 51.2 Å². The van der Waals surface area contributed by atoms with Gasteiger partial charge in [0.05, 0.1) is 12.5 Å². The minimum Gasteiger partial charge on any atom is -0.508 e. The van der Waals surface area contributed by atoms with E-state index in [9.17, 15) is 48.6 Å². The summed E-state index contributed by atoms with van der Waals surface area (Å²) in [5, 5.41) is 31.8. The van der Waals surface area contributed by atoms with Crippen LogP contribution >= 0.6 is 21.6 Å². The van der Waals surface area contributed by atoms with Gasteiger partial charge < -0.3 is 54.0 Å². The molecule has 53 heavy (non-hydrogen) atoms. The molecule has 20 heteroatoms. The average molecular weight is 775 g/mol. The van der Waals surface area contributed by atoms with Crippen LogP contribution in [0.3, 0.4) is 0 Å². The Kier molecular flexibility index (Phi) is 16.4. The number of rotatable bonds is 10. The molecule has 2 aromatic rings. The third-order valence-corrected chi connectivity index (χ3v) is 10.2. The first-order chi connectivity index (χ1) is 25.1. The van der Waals surface area contributed by atoms with Crippen LogP contribution < -0.4 is 43.8 Å². The van der Waals surface area contributed by atoms with Gasteiger partial charge in [-0.3, -0.25) is 33.6 Å². The van der Waals surface area contributed by atoms with Crippen molar-refractivity contribution in [2.24, 2.45) is 17.2 Å². The summed E-state index contributed by atoms with van der Waals surface area (Å²) >= 11 is 0. The molecule has 1 aliphatic heterocycles. The van der Waals surface area contributed by atoms with Gasteiger partial charge in [0.15, 0.2) is 0 Å². The highest BCUT2D eigenvalue weighted by Crippen LogP contribution is 2.23. The fourth-order valence-electron chi connectivity index (χ4n) is 4.96. The standard InChI is InChI=1S/C33H42N8O10S2/c34-20-15-52-53-16-25(33(50)51)41-32(49)24(14-27(36)44)40-29(46)21(10-11-26(35)43)37-30(47)23(12-17-4-2-1-3-5-17)39-31(48)22(38-28(20)45)13-18-6-8-19(42)9-7-18/h1-9,20-25,42H,10-16,34H2,(H2,35,43)(H2,36,44)(H,37,47)(H,38,45)(H,39,48)(H,40,46)(H,41,49)(H,50,51)/t20-,21-,22?,23-,24?,25-/m0/s1. The zero-order valence-electron chi connectivity index (χ0n) is 28.3. The maximum Gasteiger partial charge on any atom is 0.327 e. The van der Waals surface area contributed by atoms with Crippen molar-refractivity contribution in [2.45, 2.75) is 68.4 Å². The summed E-state index contributed by atoms with van der Waals surface area (Å²) in [4.78, 5) is 103. The molecule has 18 nitrogen and oxygen atoms in total. The first kappa shape index (κ1) is 42.1. The molecule has 6 atom stereocenters. The smallest absolute Gasteiger partial charge is 0.327 e. The molecule has 0 bridgehead atoms. The number of phenols is 1. The van der Waals surface area contributed by atoms with Crippen molar-refractivity contribution in [3.63, 3.8) is 0 Å². The number of hydrogen-bond acceptors (Lipinski definition) is 12. The van der Waals surface area contributed by atoms with E-state index in [1.807, 2.05) is 0 Å². The van der Waals surface area contributed by atoms with Gasteiger partial charge in [0, 0.05) is 30.8 Å². The number of primary amides is 2. The minimum atomic E-state index is -1.68. The molecule has 0 aliphatic carbocycles. The van der Waals surface area contributed by atoms with E-state index in [0.29, 0.717) is 11.1 Å². The molecular formula is C33H42N8O10S2. The van der Waals surface area contributed by atoms with Gasteiger partial charge in [0.25, 0.3) is 0 Å². The number of aliphatic carboxylic acids is 1. The van der Waals surface area contributed by atoms with E-state index in [0.717, 1.165) is 21.6 Å². The fraction of sp³-hybridized carbons (Fsp3) is 0.394. The molecule has 286 valence electrons. The molecule has 1 heterocycles. The van der Waals surface area contributed by atoms with Gasteiger partial charge in [-0.2, -0.15) is 0 Å². The lowest BCUT2D eigenvalue weighted by molar-refractivity contribution is -0.141. The molecule has 13 N–H and O–H groups in total. The fourth-order valence-corrected chi connectivity index (χ4v) is 7.24. The predicted molar refractivity (Wildman–Crippen MR) is 194 cm³/mol. The number of phenolic OH excluding ortho intramolecular Hbond substituents is 1. The zero-order valence-corrected chi connectivity index (χ0v) is 30.0. The quantitative estimate of drug-likeness (QED) is 0.112. The molecule has 0 aromatic heterocycles. The SMILES string of the molecule is NC(=O)CC[C@@H]1NC(=O)[C@H](Cc2ccccc2)NC(=O)C(Cc2ccc(O)cc2)NC(=O)[C@@H](N)CSSC[C@@H](C(=O)O)NC(=O)C(CC(N)=O)NC1=O. The van der Waals surface area contributed by atoms with Crippen LogP contribution in [0.1, 0.15) is 30.4 Å². The van der Waals surface area contributed by atoms with Gasteiger partial charge in [-0.25, -0.2) is 4.79 Å². The molecule has 1 aliphatic rings. The number of carboxylic acids is 1. The first-order valence-corrected chi connectivity index (χ1v) is 18.7. The first-order valence-electron chi connectivity index (χ1n) is 16.3. The second-order valence-electron chi connectivity index (χ2n) is 12.1. The van der Waals surface area contributed by atoms with E-state index >= 15 is 0 Å². The monoisotopic (exact) mass is 774 g/mol. The van der Waals surface area contributed by atoms with Crippen LogP contribution in [0.4, 0.5) is 0 Å². The number of nitrogens with two attached hydrogens (primary N) is 3. The minimum absolute atomic E-state index is 0.0323. The molecule has 2 unspecified atom stereocenters. The number of amides is 7. The lowest BCUT2D eigenvalue weighted by atomic mass is 10.0. The van der Waals surface area contributed by atoms with Crippen molar-refractivity contribution >= 4 is 68.9 Å². The molecule has 0 saturated carbocycles. The summed E-state index contributed by atoms with van der Waals surface area (Å²) in [5.74, 6) is -8.16. The number of carboxylic acid groups (broad SMARTS) is 1. The third kappa shape index (κ3) is 14.3. The van der Waals surface area contributed by atoms with E-state index in [-0.39, 0.29) is 36.5 Å². The number of carbonyl (C=O) groups is 8. The van der Waals surface area contributed by atoms with Gasteiger partial charge >= 0.3 is 5.97 Å². The van der Waals surface area contributed by atoms with Gasteiger partial charge in [-0.15, -0.1) is 0 Å². The summed E-state index contributed by atoms with van der Waals surface area (Å²) in [6, 6.07) is 5.78. The number of carbonyl (C=O) groups excluding carboxylic acids is 7. The predicted octanol–water partition coefficient (Wildman–Crippen LogP) is -2.45. The summed E-state index contributed by atoms with van der Waals surface area (Å²) in [5.41, 5.74) is 17.9. The lowest BCUT2D eigenvalue weighted by Crippen LogP contribution is -2.60. The van der Waals surface area contributed by atoms with Crippen LogP contribution in [0.5, 0.6) is 5.75 Å². The number of nitrogens with one attached hydrogen (secondary N) is 5. The van der Waals surface area contributed by atoms with E-state index in [1.165, 1.54) is 24.3 Å². The Labute approximate surface area is 311 Å². The Hall–Kier alpha value is -5.34. The van der Waals surface area contributed by atoms with Crippen molar-refractivity contribution in [3.8, 4) is 5.75 Å². The Balaban J connectivity index is 2.05. The van der Waals surface area contributed by atoms with E-state index in [2.05, 4.69) is 26.6 Å². The largest absolute Gasteiger partial charge is 0.508 e. The second kappa shape index (κ2) is 20.6. The van der Waals surface area contributed by atoms with Crippen LogP contribution in [0.25, 0.3) is 0 Å². The van der Waals surface area contributed by atoms with E-state index in [4.69, 9.17) is 17.2 Å². The Morgan fingerprint density at radius 3 is 1.70 bits per heavy atom. The number of aromatic hydroxyl groups is 1. The van der Waals surface area contributed by atoms with Crippen LogP contribution in [0.2, 0.25) is 0 Å². The second-order valence-corrected chi connectivity index (χ2v) is 14.6. The summed E-state index contributed by atoms with van der Waals surface area (Å²) in [7, 11) is 1.99. The van der Waals surface area contributed by atoms with Gasteiger partial charge in [0.1, 0.15) is 36.0 Å². The highest BCUT2D eigenvalue weighted by atomic mass is 33.1. The van der Waals surface area contributed by atoms with E-state index < -0.39 is 96.4 Å². The lowest BCUT2D eigenvalue weighted by Gasteiger charge is -2.27. The summed E-state index contributed by atoms with van der Waals surface area (Å²) < 4.78 is 0. The van der Waals surface area contributed by atoms with Crippen molar-refractivity contribution < 1.29 is 48.6 Å². The number of hydrogen-bond donors (Lipinski definition) is 10. The molecule has 3 rings (SSSR count). The highest BCUT2D eigenvalue weighted by molar-refractivity contribution is 8.76. The van der Waals surface area contributed by atoms with Crippen molar-refractivity contribution in [1.29, 1.82) is 0 Å². The van der Waals surface area contributed by atoms with Gasteiger partial charge in [-0.1, -0.05) is 64.1 Å². The molecule has 1 fully saturated rings.